The van der Waals surface area contributed by atoms with Gasteiger partial charge >= 0.3 is 0 Å². The van der Waals surface area contributed by atoms with Crippen LogP contribution in [0.2, 0.25) is 0 Å². The van der Waals surface area contributed by atoms with Crippen LogP contribution in [0.15, 0.2) is 36.4 Å². The lowest BCUT2D eigenvalue weighted by Crippen LogP contribution is -2.03. The van der Waals surface area contributed by atoms with Gasteiger partial charge in [0.1, 0.15) is 11.6 Å². The molecule has 21 heavy (non-hydrogen) atoms. The van der Waals surface area contributed by atoms with Crippen LogP contribution >= 0.6 is 0 Å². The molecule has 0 aliphatic rings. The Morgan fingerprint density at radius 2 is 1.90 bits per heavy atom. The summed E-state index contributed by atoms with van der Waals surface area (Å²) in [7, 11) is 0. The Bertz CT molecular complexity index is 747. The van der Waals surface area contributed by atoms with Gasteiger partial charge in [0, 0.05) is 5.69 Å². The SMILES string of the molecule is Cc1cc(F)ccc1-n1nnnc1-c1ccc(N)cc1F. The van der Waals surface area contributed by atoms with E-state index in [1.807, 2.05) is 0 Å². The number of benzene rings is 2. The average molecular weight is 287 g/mol. The highest BCUT2D eigenvalue weighted by atomic mass is 19.1. The molecule has 106 valence electrons. The van der Waals surface area contributed by atoms with E-state index < -0.39 is 5.82 Å². The van der Waals surface area contributed by atoms with E-state index in [9.17, 15) is 8.78 Å². The van der Waals surface area contributed by atoms with E-state index in [4.69, 9.17) is 5.73 Å². The molecule has 0 aliphatic carbocycles. The predicted octanol–water partition coefficient (Wildman–Crippen LogP) is 2.50. The highest BCUT2D eigenvalue weighted by Gasteiger charge is 2.16. The standard InChI is InChI=1S/C14H11F2N5/c1-8-6-9(15)2-5-13(8)21-14(18-19-20-21)11-4-3-10(17)7-12(11)16/h2-7H,17H2,1H3. The van der Waals surface area contributed by atoms with Gasteiger partial charge in [-0.3, -0.25) is 0 Å². The number of aromatic nitrogens is 4. The lowest BCUT2D eigenvalue weighted by molar-refractivity contribution is 0.624. The van der Waals surface area contributed by atoms with Crippen LogP contribution in [-0.2, 0) is 0 Å². The zero-order valence-corrected chi connectivity index (χ0v) is 11.1. The number of aryl methyl sites for hydroxylation is 1. The van der Waals surface area contributed by atoms with Crippen molar-refractivity contribution in [3.05, 3.63) is 53.6 Å². The minimum absolute atomic E-state index is 0.220. The van der Waals surface area contributed by atoms with E-state index in [0.717, 1.165) is 0 Å². The summed E-state index contributed by atoms with van der Waals surface area (Å²) in [6.45, 7) is 1.73. The van der Waals surface area contributed by atoms with Gasteiger partial charge in [-0.05, 0) is 59.3 Å². The number of rotatable bonds is 2. The lowest BCUT2D eigenvalue weighted by Gasteiger charge is -2.08. The van der Waals surface area contributed by atoms with Crippen LogP contribution in [0.3, 0.4) is 0 Å². The topological polar surface area (TPSA) is 69.6 Å². The molecule has 0 fully saturated rings. The Hall–Kier alpha value is -2.83. The normalized spacial score (nSPS) is 10.8. The monoisotopic (exact) mass is 287 g/mol. The number of halogens is 2. The van der Waals surface area contributed by atoms with Crippen LogP contribution < -0.4 is 5.73 Å². The molecular formula is C14H11F2N5. The summed E-state index contributed by atoms with van der Waals surface area (Å²) in [5.74, 6) is -0.655. The van der Waals surface area contributed by atoms with Gasteiger partial charge in [0.15, 0.2) is 5.82 Å². The first-order valence-corrected chi connectivity index (χ1v) is 6.16. The summed E-state index contributed by atoms with van der Waals surface area (Å²) in [5.41, 5.74) is 7.28. The van der Waals surface area contributed by atoms with Crippen LogP contribution in [0, 0.1) is 18.6 Å². The van der Waals surface area contributed by atoms with Crippen molar-refractivity contribution in [3.8, 4) is 17.1 Å². The van der Waals surface area contributed by atoms with E-state index >= 15 is 0 Å². The number of hydrogen-bond acceptors (Lipinski definition) is 4. The maximum Gasteiger partial charge on any atom is 0.190 e. The molecular weight excluding hydrogens is 276 g/mol. The van der Waals surface area contributed by atoms with E-state index in [-0.39, 0.29) is 17.2 Å². The highest BCUT2D eigenvalue weighted by molar-refractivity contribution is 5.62. The quantitative estimate of drug-likeness (QED) is 0.735. The van der Waals surface area contributed by atoms with Gasteiger partial charge in [-0.2, -0.15) is 4.68 Å². The molecule has 3 rings (SSSR count). The summed E-state index contributed by atoms with van der Waals surface area (Å²) in [4.78, 5) is 0. The molecule has 0 spiro atoms. The lowest BCUT2D eigenvalue weighted by atomic mass is 10.1. The van der Waals surface area contributed by atoms with Crippen LogP contribution in [0.25, 0.3) is 17.1 Å². The van der Waals surface area contributed by atoms with Gasteiger partial charge in [-0.25, -0.2) is 8.78 Å². The molecule has 3 aromatic rings. The maximum atomic E-state index is 14.0. The number of tetrazole rings is 1. The molecule has 1 aromatic heterocycles. The van der Waals surface area contributed by atoms with Crippen LogP contribution in [0.1, 0.15) is 5.56 Å². The van der Waals surface area contributed by atoms with Gasteiger partial charge in [-0.15, -0.1) is 5.10 Å². The third-order valence-corrected chi connectivity index (χ3v) is 3.09. The molecule has 2 aromatic carbocycles. The molecule has 7 heteroatoms. The fourth-order valence-electron chi connectivity index (χ4n) is 2.09. The van der Waals surface area contributed by atoms with E-state index in [1.54, 1.807) is 19.1 Å². The van der Waals surface area contributed by atoms with Crippen LogP contribution in [0.5, 0.6) is 0 Å². The molecule has 0 atom stereocenters. The van der Waals surface area contributed by atoms with Gasteiger partial charge in [0.2, 0.25) is 0 Å². The predicted molar refractivity (Wildman–Crippen MR) is 73.7 cm³/mol. The van der Waals surface area contributed by atoms with Crippen molar-refractivity contribution >= 4 is 5.69 Å². The zero-order chi connectivity index (χ0) is 15.0. The number of hydrogen-bond donors (Lipinski definition) is 1. The van der Waals surface area contributed by atoms with Gasteiger partial charge in [0.05, 0.1) is 11.3 Å². The molecule has 5 nitrogen and oxygen atoms in total. The number of nitrogens with two attached hydrogens (primary N) is 1. The van der Waals surface area contributed by atoms with Crippen molar-refractivity contribution in [3.63, 3.8) is 0 Å². The summed E-state index contributed by atoms with van der Waals surface area (Å²) in [6.07, 6.45) is 0. The largest absolute Gasteiger partial charge is 0.399 e. The minimum Gasteiger partial charge on any atom is -0.399 e. The molecule has 0 saturated heterocycles. The second-order valence-electron chi connectivity index (χ2n) is 4.58. The number of anilines is 1. The third-order valence-electron chi connectivity index (χ3n) is 3.09. The third kappa shape index (κ3) is 2.33. The summed E-state index contributed by atoms with van der Waals surface area (Å²) >= 11 is 0. The van der Waals surface area contributed by atoms with E-state index in [2.05, 4.69) is 15.5 Å². The molecule has 0 saturated carbocycles. The number of nitrogens with zero attached hydrogens (tertiary/aromatic N) is 4. The zero-order valence-electron chi connectivity index (χ0n) is 11.1. The van der Waals surface area contributed by atoms with Crippen molar-refractivity contribution in [2.45, 2.75) is 6.92 Å². The van der Waals surface area contributed by atoms with Crippen molar-refractivity contribution in [2.75, 3.05) is 5.73 Å². The molecule has 0 aliphatic heterocycles. The maximum absolute atomic E-state index is 14.0. The molecule has 0 bridgehead atoms. The first kappa shape index (κ1) is 13.2. The van der Waals surface area contributed by atoms with E-state index in [0.29, 0.717) is 16.9 Å². The fraction of sp³-hybridized carbons (Fsp3) is 0.0714. The van der Waals surface area contributed by atoms with Gasteiger partial charge in [0.25, 0.3) is 0 Å². The fourth-order valence-corrected chi connectivity index (χ4v) is 2.09. The smallest absolute Gasteiger partial charge is 0.190 e. The van der Waals surface area contributed by atoms with Crippen LogP contribution in [-0.4, -0.2) is 20.2 Å². The summed E-state index contributed by atoms with van der Waals surface area (Å²) in [6, 6.07) is 8.47. The van der Waals surface area contributed by atoms with Gasteiger partial charge < -0.3 is 5.73 Å². The summed E-state index contributed by atoms with van der Waals surface area (Å²) in [5, 5.41) is 11.3. The Morgan fingerprint density at radius 3 is 2.62 bits per heavy atom. The molecule has 0 unspecified atom stereocenters. The Kier molecular flexibility index (Phi) is 3.09. The molecule has 0 radical (unpaired) electrons. The summed E-state index contributed by atoms with van der Waals surface area (Å²) < 4.78 is 28.6. The van der Waals surface area contributed by atoms with Crippen molar-refractivity contribution in [1.29, 1.82) is 0 Å². The molecule has 1 heterocycles. The first-order valence-electron chi connectivity index (χ1n) is 6.16. The van der Waals surface area contributed by atoms with Gasteiger partial charge in [-0.1, -0.05) is 0 Å². The average Bonchev–Trinajstić information content (AvgIpc) is 2.87. The van der Waals surface area contributed by atoms with Crippen LogP contribution in [0.4, 0.5) is 14.5 Å². The van der Waals surface area contributed by atoms with Crippen molar-refractivity contribution in [1.82, 2.24) is 20.2 Å². The second-order valence-corrected chi connectivity index (χ2v) is 4.58. The number of nitrogen functional groups attached to an aromatic ring is 1. The van der Waals surface area contributed by atoms with Crippen molar-refractivity contribution in [2.24, 2.45) is 0 Å². The van der Waals surface area contributed by atoms with E-state index in [1.165, 1.54) is 28.9 Å². The van der Waals surface area contributed by atoms with Crippen molar-refractivity contribution < 1.29 is 8.78 Å². The first-order chi connectivity index (χ1) is 10.1. The second kappa shape index (κ2) is 4.93. The molecule has 2 N–H and O–H groups in total. The Morgan fingerprint density at radius 1 is 1.10 bits per heavy atom. The Balaban J connectivity index is 2.17. The Labute approximate surface area is 119 Å². The molecule has 0 amide bonds. The highest BCUT2D eigenvalue weighted by Crippen LogP contribution is 2.25. The minimum atomic E-state index is -0.522.